The molecule has 1 unspecified atom stereocenters. The standard InChI is InChI=1S/C8H17N.C6H3ClO.ClH/c1-3-8-6-4-5-7-9(8)2;7-5-3-4-1-2-6(5)8-4;/h8H,3-7H2,1-2H3;1-3H;1H. The van der Waals surface area contributed by atoms with E-state index in [0.717, 1.165) is 17.2 Å². The van der Waals surface area contributed by atoms with Crippen LogP contribution in [-0.2, 0) is 0 Å². The second-order valence-corrected chi connectivity index (χ2v) is 5.14. The number of fused-ring (bicyclic) bond motifs is 2. The number of rotatable bonds is 1. The molecular formula is C14H21Cl2NO. The summed E-state index contributed by atoms with van der Waals surface area (Å²) < 4.78 is 5.08. The average molecular weight is 290 g/mol. The second kappa shape index (κ2) is 7.22. The van der Waals surface area contributed by atoms with Gasteiger partial charge in [-0.1, -0.05) is 24.9 Å². The minimum Gasteiger partial charge on any atom is -0.456 e. The molecule has 0 saturated carbocycles. The van der Waals surface area contributed by atoms with E-state index >= 15 is 0 Å². The van der Waals surface area contributed by atoms with Crippen LogP contribution >= 0.6 is 24.0 Å². The van der Waals surface area contributed by atoms with Gasteiger partial charge in [0.2, 0.25) is 0 Å². The minimum atomic E-state index is 0. The third kappa shape index (κ3) is 3.78. The van der Waals surface area contributed by atoms with E-state index in [1.54, 1.807) is 6.07 Å². The van der Waals surface area contributed by atoms with Crippen LogP contribution in [0.1, 0.15) is 32.6 Å². The Bertz CT molecular complexity index is 443. The third-order valence-electron chi connectivity index (χ3n) is 3.52. The Morgan fingerprint density at radius 3 is 2.50 bits per heavy atom. The Labute approximate surface area is 120 Å². The van der Waals surface area contributed by atoms with Gasteiger partial charge in [-0.15, -0.1) is 12.4 Å². The van der Waals surface area contributed by atoms with Gasteiger partial charge in [-0.2, -0.15) is 0 Å². The van der Waals surface area contributed by atoms with E-state index in [0.29, 0.717) is 5.02 Å². The van der Waals surface area contributed by atoms with Crippen molar-refractivity contribution in [1.29, 1.82) is 0 Å². The zero-order chi connectivity index (χ0) is 12.3. The molecule has 3 rings (SSSR count). The Hall–Kier alpha value is -0.440. The molecule has 0 radical (unpaired) electrons. The van der Waals surface area contributed by atoms with Crippen LogP contribution in [0.2, 0.25) is 5.02 Å². The van der Waals surface area contributed by atoms with Gasteiger partial charge < -0.3 is 9.32 Å². The molecule has 102 valence electrons. The number of halogens is 2. The highest BCUT2D eigenvalue weighted by atomic mass is 35.5. The van der Waals surface area contributed by atoms with Gasteiger partial charge in [0.1, 0.15) is 11.2 Å². The van der Waals surface area contributed by atoms with Crippen molar-refractivity contribution < 1.29 is 4.42 Å². The Balaban J connectivity index is 0.000000171. The third-order valence-corrected chi connectivity index (χ3v) is 3.82. The highest BCUT2D eigenvalue weighted by molar-refractivity contribution is 6.34. The lowest BCUT2D eigenvalue weighted by atomic mass is 10.0. The Morgan fingerprint density at radius 2 is 2.17 bits per heavy atom. The molecule has 1 aliphatic heterocycles. The predicted molar refractivity (Wildman–Crippen MR) is 80.2 cm³/mol. The fourth-order valence-corrected chi connectivity index (χ4v) is 2.62. The molecule has 1 saturated heterocycles. The van der Waals surface area contributed by atoms with Crippen molar-refractivity contribution in [3.05, 3.63) is 23.2 Å². The van der Waals surface area contributed by atoms with Gasteiger partial charge in [0, 0.05) is 12.1 Å². The molecule has 2 nitrogen and oxygen atoms in total. The van der Waals surface area contributed by atoms with Crippen LogP contribution in [0.25, 0.3) is 11.2 Å². The second-order valence-electron chi connectivity index (χ2n) is 4.73. The fourth-order valence-electron chi connectivity index (χ4n) is 2.41. The Morgan fingerprint density at radius 1 is 1.39 bits per heavy atom. The molecule has 0 spiro atoms. The lowest BCUT2D eigenvalue weighted by molar-refractivity contribution is 0.181. The summed E-state index contributed by atoms with van der Waals surface area (Å²) in [5.41, 5.74) is 1.63. The van der Waals surface area contributed by atoms with Gasteiger partial charge in [0.05, 0.1) is 5.02 Å². The molecule has 1 atom stereocenters. The van der Waals surface area contributed by atoms with Crippen molar-refractivity contribution in [3.8, 4) is 0 Å². The molecule has 3 heterocycles. The lowest BCUT2D eigenvalue weighted by Gasteiger charge is -2.31. The van der Waals surface area contributed by atoms with Crippen LogP contribution in [0.15, 0.2) is 22.6 Å². The normalized spacial score (nSPS) is 20.3. The molecule has 0 amide bonds. The number of piperidine rings is 1. The largest absolute Gasteiger partial charge is 0.456 e. The van der Waals surface area contributed by atoms with Gasteiger partial charge in [0.15, 0.2) is 0 Å². The van der Waals surface area contributed by atoms with E-state index in [2.05, 4.69) is 18.9 Å². The zero-order valence-electron chi connectivity index (χ0n) is 11.0. The molecule has 0 N–H and O–H groups in total. The molecule has 1 fully saturated rings. The number of benzene rings is 1. The highest BCUT2D eigenvalue weighted by Gasteiger charge is 2.15. The summed E-state index contributed by atoms with van der Waals surface area (Å²) >= 11 is 5.64. The van der Waals surface area contributed by atoms with Crippen LogP contribution in [0.5, 0.6) is 0 Å². The van der Waals surface area contributed by atoms with Crippen molar-refractivity contribution in [2.24, 2.45) is 0 Å². The SMILES string of the molecule is CCC1CCCCN1C.Cl.Clc1cc2ccc1o2. The summed E-state index contributed by atoms with van der Waals surface area (Å²) in [6, 6.07) is 6.44. The number of hydrogen-bond donors (Lipinski definition) is 0. The van der Waals surface area contributed by atoms with Crippen molar-refractivity contribution in [2.45, 2.75) is 38.6 Å². The number of furan rings is 2. The topological polar surface area (TPSA) is 16.4 Å². The summed E-state index contributed by atoms with van der Waals surface area (Å²) in [6.07, 6.45) is 5.61. The quantitative estimate of drug-likeness (QED) is 0.748. The van der Waals surface area contributed by atoms with Gasteiger partial charge in [0.25, 0.3) is 0 Å². The van der Waals surface area contributed by atoms with Crippen LogP contribution in [0, 0.1) is 0 Å². The summed E-state index contributed by atoms with van der Waals surface area (Å²) in [4.78, 5) is 2.49. The van der Waals surface area contributed by atoms with Crippen molar-refractivity contribution in [2.75, 3.05) is 13.6 Å². The van der Waals surface area contributed by atoms with E-state index in [4.69, 9.17) is 16.0 Å². The van der Waals surface area contributed by atoms with Crippen molar-refractivity contribution >= 4 is 35.2 Å². The lowest BCUT2D eigenvalue weighted by Crippen LogP contribution is -2.35. The fraction of sp³-hybridized carbons (Fsp3) is 0.571. The summed E-state index contributed by atoms with van der Waals surface area (Å²) in [5.74, 6) is 0. The van der Waals surface area contributed by atoms with Crippen molar-refractivity contribution in [3.63, 3.8) is 0 Å². The van der Waals surface area contributed by atoms with E-state index in [1.807, 2.05) is 12.1 Å². The number of likely N-dealkylation sites (tertiary alicyclic amines) is 1. The molecule has 0 aromatic carbocycles. The maximum Gasteiger partial charge on any atom is 0.146 e. The molecule has 2 aromatic heterocycles. The first-order chi connectivity index (χ1) is 8.20. The maximum atomic E-state index is 5.64. The maximum absolute atomic E-state index is 5.64. The van der Waals surface area contributed by atoms with E-state index < -0.39 is 0 Å². The van der Waals surface area contributed by atoms with Crippen LogP contribution in [0.4, 0.5) is 0 Å². The molecule has 4 heteroatoms. The van der Waals surface area contributed by atoms with E-state index in [9.17, 15) is 0 Å². The Kier molecular flexibility index (Phi) is 6.27. The molecule has 2 aromatic rings. The number of nitrogens with zero attached hydrogens (tertiary/aromatic N) is 1. The van der Waals surface area contributed by atoms with Gasteiger partial charge in [-0.3, -0.25) is 0 Å². The smallest absolute Gasteiger partial charge is 0.146 e. The first-order valence-electron chi connectivity index (χ1n) is 6.38. The van der Waals surface area contributed by atoms with E-state index in [-0.39, 0.29) is 12.4 Å². The predicted octanol–water partition coefficient (Wildman–Crippen LogP) is 4.83. The van der Waals surface area contributed by atoms with Crippen LogP contribution in [-0.4, -0.2) is 24.5 Å². The summed E-state index contributed by atoms with van der Waals surface area (Å²) in [6.45, 7) is 3.60. The van der Waals surface area contributed by atoms with Gasteiger partial charge >= 0.3 is 0 Å². The summed E-state index contributed by atoms with van der Waals surface area (Å²) in [5, 5.41) is 0.711. The van der Waals surface area contributed by atoms with Crippen LogP contribution in [0.3, 0.4) is 0 Å². The zero-order valence-corrected chi connectivity index (χ0v) is 12.6. The first kappa shape index (κ1) is 15.6. The van der Waals surface area contributed by atoms with E-state index in [1.165, 1.54) is 32.2 Å². The molecular weight excluding hydrogens is 269 g/mol. The molecule has 2 bridgehead atoms. The van der Waals surface area contributed by atoms with Crippen molar-refractivity contribution in [1.82, 2.24) is 4.90 Å². The monoisotopic (exact) mass is 289 g/mol. The molecule has 1 aliphatic rings. The summed E-state index contributed by atoms with van der Waals surface area (Å²) in [7, 11) is 2.24. The molecule has 18 heavy (non-hydrogen) atoms. The molecule has 0 aliphatic carbocycles. The average Bonchev–Trinajstić information content (AvgIpc) is 2.92. The first-order valence-corrected chi connectivity index (χ1v) is 6.76. The van der Waals surface area contributed by atoms with Gasteiger partial charge in [-0.05, 0) is 45.0 Å². The highest BCUT2D eigenvalue weighted by Crippen LogP contribution is 2.25. The minimum absolute atomic E-state index is 0. The number of hydrogen-bond acceptors (Lipinski definition) is 2. The van der Waals surface area contributed by atoms with Gasteiger partial charge in [-0.25, -0.2) is 0 Å². The van der Waals surface area contributed by atoms with Crippen LogP contribution < -0.4 is 0 Å².